The van der Waals surface area contributed by atoms with E-state index in [0.717, 1.165) is 22.3 Å². The maximum absolute atomic E-state index is 13.1. The molecule has 36 heavy (non-hydrogen) atoms. The van der Waals surface area contributed by atoms with E-state index in [2.05, 4.69) is 36.4 Å². The fourth-order valence-corrected chi connectivity index (χ4v) is 7.76. The second-order valence-corrected chi connectivity index (χ2v) is 10.1. The van der Waals surface area contributed by atoms with Crippen LogP contribution in [0, 0.1) is 23.7 Å². The summed E-state index contributed by atoms with van der Waals surface area (Å²) in [5, 5.41) is 0. The second-order valence-electron chi connectivity index (χ2n) is 10.1. The van der Waals surface area contributed by atoms with Crippen LogP contribution in [0.3, 0.4) is 0 Å². The molecule has 6 heteroatoms. The van der Waals surface area contributed by atoms with E-state index < -0.39 is 47.2 Å². The first-order valence-electron chi connectivity index (χ1n) is 12.3. The SMILES string of the molecule is COC(=O)C1C(C(=O)OC)[C@@H]2O[C@H]1C1C2C2(c3ccccc3)OC1(c1ccccc1)c1ccccc12. The van der Waals surface area contributed by atoms with Crippen LogP contribution in [0.25, 0.3) is 0 Å². The molecule has 4 heterocycles. The van der Waals surface area contributed by atoms with Crippen molar-refractivity contribution in [1.82, 2.24) is 0 Å². The number of fused-ring (bicyclic) bond motifs is 12. The highest BCUT2D eigenvalue weighted by molar-refractivity contribution is 5.85. The number of hydrogen-bond donors (Lipinski definition) is 0. The van der Waals surface area contributed by atoms with Gasteiger partial charge < -0.3 is 18.9 Å². The molecule has 4 bridgehead atoms. The van der Waals surface area contributed by atoms with Crippen molar-refractivity contribution in [2.75, 3.05) is 14.2 Å². The molecule has 3 aromatic rings. The Bertz CT molecular complexity index is 1250. The van der Waals surface area contributed by atoms with Gasteiger partial charge in [-0.2, -0.15) is 0 Å². The van der Waals surface area contributed by atoms with Gasteiger partial charge in [0, 0.05) is 11.8 Å². The minimum absolute atomic E-state index is 0.204. The van der Waals surface area contributed by atoms with Gasteiger partial charge in [0.1, 0.15) is 11.2 Å². The third-order valence-electron chi connectivity index (χ3n) is 8.84. The Hall–Kier alpha value is -3.48. The molecule has 4 aliphatic heterocycles. The Morgan fingerprint density at radius 3 is 1.42 bits per heavy atom. The van der Waals surface area contributed by atoms with E-state index in [1.54, 1.807) is 0 Å². The van der Waals surface area contributed by atoms with Gasteiger partial charge in [-0.15, -0.1) is 0 Å². The van der Waals surface area contributed by atoms with Crippen LogP contribution in [0.1, 0.15) is 22.3 Å². The minimum Gasteiger partial charge on any atom is -0.469 e. The molecule has 0 saturated carbocycles. The van der Waals surface area contributed by atoms with E-state index in [9.17, 15) is 9.59 Å². The van der Waals surface area contributed by atoms with Crippen LogP contribution < -0.4 is 0 Å². The van der Waals surface area contributed by atoms with E-state index in [1.165, 1.54) is 14.2 Å². The highest BCUT2D eigenvalue weighted by Gasteiger charge is 2.82. The van der Waals surface area contributed by atoms with Gasteiger partial charge in [0.15, 0.2) is 0 Å². The average molecular weight is 483 g/mol. The number of ether oxygens (including phenoxy) is 4. The first kappa shape index (κ1) is 21.8. The molecular formula is C30H26O6. The van der Waals surface area contributed by atoms with Gasteiger partial charge in [-0.05, 0) is 22.3 Å². The summed E-state index contributed by atoms with van der Waals surface area (Å²) in [7, 11) is 2.70. The zero-order valence-corrected chi connectivity index (χ0v) is 20.0. The van der Waals surface area contributed by atoms with Crippen LogP contribution in [0.4, 0.5) is 0 Å². The molecular weight excluding hydrogens is 456 g/mol. The van der Waals surface area contributed by atoms with Crippen molar-refractivity contribution in [2.45, 2.75) is 23.4 Å². The highest BCUT2D eigenvalue weighted by Crippen LogP contribution is 2.75. The molecule has 7 rings (SSSR count). The summed E-state index contributed by atoms with van der Waals surface area (Å²) in [6.45, 7) is 0. The zero-order valence-electron chi connectivity index (χ0n) is 20.0. The quantitative estimate of drug-likeness (QED) is 0.527. The number of carbonyl (C=O) groups excluding carboxylic acids is 2. The Labute approximate surface area is 209 Å². The Morgan fingerprint density at radius 1 is 0.639 bits per heavy atom. The Balaban J connectivity index is 1.54. The maximum Gasteiger partial charge on any atom is 0.312 e. The lowest BCUT2D eigenvalue weighted by Crippen LogP contribution is -2.54. The topological polar surface area (TPSA) is 71.1 Å². The molecule has 182 valence electrons. The van der Waals surface area contributed by atoms with Gasteiger partial charge in [-0.1, -0.05) is 84.9 Å². The fraction of sp³-hybridized carbons (Fsp3) is 0.333. The van der Waals surface area contributed by atoms with Crippen molar-refractivity contribution in [3.63, 3.8) is 0 Å². The lowest BCUT2D eigenvalue weighted by molar-refractivity contribution is -0.160. The number of rotatable bonds is 4. The Morgan fingerprint density at radius 2 is 1.03 bits per heavy atom. The monoisotopic (exact) mass is 482 g/mol. The van der Waals surface area contributed by atoms with E-state index >= 15 is 0 Å². The van der Waals surface area contributed by atoms with E-state index in [4.69, 9.17) is 18.9 Å². The zero-order chi connectivity index (χ0) is 24.7. The van der Waals surface area contributed by atoms with Gasteiger partial charge >= 0.3 is 11.9 Å². The highest BCUT2D eigenvalue weighted by atomic mass is 16.6. The number of carbonyl (C=O) groups is 2. The van der Waals surface area contributed by atoms with Crippen molar-refractivity contribution in [1.29, 1.82) is 0 Å². The molecule has 3 aromatic carbocycles. The number of benzene rings is 3. The van der Waals surface area contributed by atoms with Gasteiger partial charge in [-0.25, -0.2) is 0 Å². The largest absolute Gasteiger partial charge is 0.469 e. The van der Waals surface area contributed by atoms with E-state index in [1.807, 2.05) is 48.5 Å². The van der Waals surface area contributed by atoms with Gasteiger partial charge in [0.25, 0.3) is 0 Å². The van der Waals surface area contributed by atoms with Crippen LogP contribution >= 0.6 is 0 Å². The van der Waals surface area contributed by atoms with Crippen molar-refractivity contribution < 1.29 is 28.5 Å². The van der Waals surface area contributed by atoms with E-state index in [-0.39, 0.29) is 11.8 Å². The van der Waals surface area contributed by atoms with Gasteiger partial charge in [0.05, 0.1) is 38.3 Å². The molecule has 3 saturated heterocycles. The summed E-state index contributed by atoms with van der Waals surface area (Å²) in [6.07, 6.45) is -1.12. The molecule has 8 atom stereocenters. The number of methoxy groups -OCH3 is 2. The molecule has 4 aliphatic rings. The molecule has 0 spiro atoms. The van der Waals surface area contributed by atoms with Crippen LogP contribution in [-0.4, -0.2) is 38.4 Å². The van der Waals surface area contributed by atoms with Crippen LogP contribution in [-0.2, 0) is 39.7 Å². The Kier molecular flexibility index (Phi) is 4.54. The standard InChI is InChI=1S/C30H26O6/c1-33-27(31)21-22(28(32)34-2)26-24-23(25(21)35-26)29(17-11-5-3-6-12-17)19-15-9-10-16-20(19)30(24,36-29)18-13-7-4-8-14-18/h3-16,21-26H,1-2H3/t21?,22?,23?,24?,25-,26+,29?,30?. The minimum atomic E-state index is -0.842. The van der Waals surface area contributed by atoms with Crippen molar-refractivity contribution >= 4 is 11.9 Å². The summed E-state index contributed by atoms with van der Waals surface area (Å²) in [5.74, 6) is -2.85. The van der Waals surface area contributed by atoms with Gasteiger partial charge in [0.2, 0.25) is 0 Å². The first-order valence-corrected chi connectivity index (χ1v) is 12.3. The molecule has 0 amide bonds. The summed E-state index contributed by atoms with van der Waals surface area (Å²) >= 11 is 0. The second kappa shape index (κ2) is 7.51. The predicted octanol–water partition coefficient (Wildman–Crippen LogP) is 3.81. The number of hydrogen-bond acceptors (Lipinski definition) is 6. The summed E-state index contributed by atoms with van der Waals surface area (Å²) in [5.41, 5.74) is 2.50. The number of esters is 2. The summed E-state index contributed by atoms with van der Waals surface area (Å²) in [4.78, 5) is 26.2. The van der Waals surface area contributed by atoms with Crippen molar-refractivity contribution in [2.24, 2.45) is 23.7 Å². The van der Waals surface area contributed by atoms with Crippen LogP contribution in [0.5, 0.6) is 0 Å². The smallest absolute Gasteiger partial charge is 0.312 e. The lowest BCUT2D eigenvalue weighted by atomic mass is 9.53. The van der Waals surface area contributed by atoms with Crippen molar-refractivity contribution in [3.05, 3.63) is 107 Å². The molecule has 0 aromatic heterocycles. The molecule has 3 fully saturated rings. The summed E-state index contributed by atoms with van der Waals surface area (Å²) in [6, 6.07) is 28.6. The van der Waals surface area contributed by atoms with Gasteiger partial charge in [-0.3, -0.25) is 9.59 Å². The third kappa shape index (κ3) is 2.39. The molecule has 0 N–H and O–H groups in total. The molecule has 6 unspecified atom stereocenters. The van der Waals surface area contributed by atoms with E-state index in [0.29, 0.717) is 0 Å². The predicted molar refractivity (Wildman–Crippen MR) is 129 cm³/mol. The summed E-state index contributed by atoms with van der Waals surface area (Å²) < 4.78 is 24.4. The lowest BCUT2D eigenvalue weighted by Gasteiger charge is -2.44. The average Bonchev–Trinajstić information content (AvgIpc) is 3.68. The third-order valence-corrected chi connectivity index (χ3v) is 8.84. The fourth-order valence-electron chi connectivity index (χ4n) is 7.76. The molecule has 6 nitrogen and oxygen atoms in total. The molecule has 0 aliphatic carbocycles. The normalized spacial score (nSPS) is 36.8. The van der Waals surface area contributed by atoms with Crippen molar-refractivity contribution in [3.8, 4) is 0 Å². The first-order chi connectivity index (χ1) is 17.6. The van der Waals surface area contributed by atoms with Crippen LogP contribution in [0.15, 0.2) is 84.9 Å². The maximum atomic E-state index is 13.1. The molecule has 0 radical (unpaired) electrons. The van der Waals surface area contributed by atoms with Crippen LogP contribution in [0.2, 0.25) is 0 Å².